The number of hydrogen-bond acceptors (Lipinski definition) is 9. The van der Waals surface area contributed by atoms with Crippen molar-refractivity contribution in [1.29, 1.82) is 0 Å². The number of phenols is 1. The van der Waals surface area contributed by atoms with Crippen molar-refractivity contribution in [2.75, 3.05) is 19.0 Å². The number of aliphatic hydroxyl groups is 3. The monoisotopic (exact) mass is 532 g/mol. The van der Waals surface area contributed by atoms with Crippen LogP contribution in [0.3, 0.4) is 0 Å². The average Bonchev–Trinajstić information content (AvgIpc) is 2.86. The van der Waals surface area contributed by atoms with E-state index in [0.29, 0.717) is 27.9 Å². The third kappa shape index (κ3) is 3.66. The van der Waals surface area contributed by atoms with Crippen LogP contribution >= 0.6 is 0 Å². The second kappa shape index (κ2) is 8.81. The average molecular weight is 533 g/mol. The van der Waals surface area contributed by atoms with Gasteiger partial charge in [-0.1, -0.05) is 18.2 Å². The van der Waals surface area contributed by atoms with Crippen molar-refractivity contribution < 1.29 is 39.6 Å². The van der Waals surface area contributed by atoms with Gasteiger partial charge >= 0.3 is 0 Å². The number of aliphatic hydroxyl groups excluding tert-OH is 2. The quantitative estimate of drug-likeness (QED) is 0.292. The third-order valence-corrected chi connectivity index (χ3v) is 8.10. The van der Waals surface area contributed by atoms with Crippen molar-refractivity contribution in [1.82, 2.24) is 0 Å². The fraction of sp³-hybridized carbons (Fsp3) is 0.310. The van der Waals surface area contributed by atoms with Crippen LogP contribution in [-0.4, -0.2) is 63.4 Å². The molecule has 3 aliphatic carbocycles. The Morgan fingerprint density at radius 3 is 2.38 bits per heavy atom. The zero-order valence-electron chi connectivity index (χ0n) is 21.6. The van der Waals surface area contributed by atoms with E-state index in [2.05, 4.69) is 0 Å². The van der Waals surface area contributed by atoms with E-state index in [-0.39, 0.29) is 41.9 Å². The van der Waals surface area contributed by atoms with E-state index >= 15 is 0 Å². The molecule has 1 fully saturated rings. The van der Waals surface area contributed by atoms with Crippen molar-refractivity contribution in [3.63, 3.8) is 0 Å². The van der Waals surface area contributed by atoms with E-state index in [0.717, 1.165) is 0 Å². The van der Waals surface area contributed by atoms with Crippen molar-refractivity contribution in [2.24, 2.45) is 17.6 Å². The van der Waals surface area contributed by atoms with Crippen LogP contribution in [0, 0.1) is 11.8 Å². The summed E-state index contributed by atoms with van der Waals surface area (Å²) in [6.45, 7) is 1.42. The van der Waals surface area contributed by atoms with E-state index in [9.17, 15) is 39.6 Å². The minimum Gasteiger partial charge on any atom is -0.508 e. The summed E-state index contributed by atoms with van der Waals surface area (Å²) in [5, 5.41) is 45.1. The normalized spacial score (nSPS) is 24.2. The van der Waals surface area contributed by atoms with Gasteiger partial charge in [0.1, 0.15) is 22.8 Å². The van der Waals surface area contributed by atoms with E-state index in [1.54, 1.807) is 49.3 Å². The summed E-state index contributed by atoms with van der Waals surface area (Å²) in [5.74, 6) is -6.91. The highest BCUT2D eigenvalue weighted by molar-refractivity contribution is 6.22. The first-order valence-corrected chi connectivity index (χ1v) is 12.4. The van der Waals surface area contributed by atoms with E-state index in [4.69, 9.17) is 5.73 Å². The maximum atomic E-state index is 13.8. The minimum atomic E-state index is -2.62. The van der Waals surface area contributed by atoms with Gasteiger partial charge in [0.05, 0.1) is 5.56 Å². The maximum Gasteiger partial charge on any atom is 0.255 e. The number of primary amides is 1. The second-order valence-corrected chi connectivity index (χ2v) is 10.6. The van der Waals surface area contributed by atoms with Crippen molar-refractivity contribution in [3.8, 4) is 16.9 Å². The summed E-state index contributed by atoms with van der Waals surface area (Å²) in [5.41, 5.74) is 4.05. The first-order valence-electron chi connectivity index (χ1n) is 12.4. The molecule has 0 radical (unpaired) electrons. The second-order valence-electron chi connectivity index (χ2n) is 10.6. The fourth-order valence-corrected chi connectivity index (χ4v) is 6.19. The van der Waals surface area contributed by atoms with Gasteiger partial charge < -0.3 is 31.1 Å². The Balaban J connectivity index is 1.75. The highest BCUT2D eigenvalue weighted by atomic mass is 16.3. The lowest BCUT2D eigenvalue weighted by Crippen LogP contribution is -2.58. The van der Waals surface area contributed by atoms with Gasteiger partial charge in [-0.25, -0.2) is 0 Å². The Labute approximate surface area is 223 Å². The van der Waals surface area contributed by atoms with Gasteiger partial charge in [0.15, 0.2) is 17.2 Å². The molecule has 1 amide bonds. The molecule has 0 aliphatic heterocycles. The molecule has 202 valence electrons. The van der Waals surface area contributed by atoms with E-state index < -0.39 is 52.0 Å². The van der Waals surface area contributed by atoms with Crippen LogP contribution in [0.2, 0.25) is 0 Å². The Hall–Kier alpha value is -4.44. The Morgan fingerprint density at radius 1 is 1.08 bits per heavy atom. The fourth-order valence-electron chi connectivity index (χ4n) is 6.19. The van der Waals surface area contributed by atoms with Gasteiger partial charge in [-0.2, -0.15) is 0 Å². The van der Waals surface area contributed by atoms with Crippen LogP contribution < -0.4 is 10.6 Å². The van der Waals surface area contributed by atoms with Crippen LogP contribution in [0.1, 0.15) is 41.3 Å². The molecule has 0 bridgehead atoms. The first kappa shape index (κ1) is 26.2. The molecule has 39 heavy (non-hydrogen) atoms. The smallest absolute Gasteiger partial charge is 0.255 e. The van der Waals surface area contributed by atoms with Gasteiger partial charge in [-0.15, -0.1) is 0 Å². The largest absolute Gasteiger partial charge is 0.508 e. The van der Waals surface area contributed by atoms with Crippen LogP contribution in [0.15, 0.2) is 47.2 Å². The van der Waals surface area contributed by atoms with Crippen LogP contribution in [-0.2, 0) is 20.8 Å². The van der Waals surface area contributed by atoms with E-state index in [1.165, 1.54) is 6.92 Å². The van der Waals surface area contributed by atoms with Crippen molar-refractivity contribution >= 4 is 34.7 Å². The number of Topliss-reactive ketones (excluding diaryl/α,β-unsaturated/α-hetero) is 3. The number of aromatic hydroxyl groups is 1. The highest BCUT2D eigenvalue weighted by Gasteiger charge is 2.60. The number of nitrogens with zero attached hydrogens (tertiary/aromatic N) is 1. The molecule has 10 nitrogen and oxygen atoms in total. The number of benzene rings is 2. The standard InChI is InChI=1S/C29H28N2O8/c1-12(32)13-5-4-6-14(7-13)17-11-19(31(2)3)18-9-15-8-16-10-20(33)23(28(30)38)27(37)29(16,39)26(36)21(15)25(35)22(18)24(17)34/h4-7,11,15-16,34-35,37,39H,8-10H2,1-3H3,(H2,30,38)/t15-,16+,29+/m1/s1. The number of amides is 1. The molecule has 3 aliphatic rings. The molecule has 0 unspecified atom stereocenters. The number of ketones is 3. The molecule has 0 spiro atoms. The van der Waals surface area contributed by atoms with Crippen LogP contribution in [0.4, 0.5) is 5.69 Å². The summed E-state index contributed by atoms with van der Waals surface area (Å²) in [6, 6.07) is 8.38. The minimum absolute atomic E-state index is 0.00319. The number of hydrogen-bond donors (Lipinski definition) is 5. The Bertz CT molecular complexity index is 1570. The number of anilines is 1. The maximum absolute atomic E-state index is 13.8. The molecule has 10 heteroatoms. The first-order chi connectivity index (χ1) is 18.3. The third-order valence-electron chi connectivity index (χ3n) is 8.10. The van der Waals surface area contributed by atoms with Gasteiger partial charge in [-0.05, 0) is 48.9 Å². The molecule has 5 rings (SSSR count). The molecule has 1 saturated carbocycles. The summed E-state index contributed by atoms with van der Waals surface area (Å²) in [4.78, 5) is 51.9. The highest BCUT2D eigenvalue weighted by Crippen LogP contribution is 2.54. The molecule has 6 N–H and O–H groups in total. The molecule has 2 aromatic rings. The summed E-state index contributed by atoms with van der Waals surface area (Å²) in [7, 11) is 3.58. The molecule has 0 saturated heterocycles. The number of phenolic OH excluding ortho intramolecular Hbond substituents is 1. The summed E-state index contributed by atoms with van der Waals surface area (Å²) < 4.78 is 0. The number of rotatable bonds is 4. The summed E-state index contributed by atoms with van der Waals surface area (Å²) >= 11 is 0. The van der Waals surface area contributed by atoms with Gasteiger partial charge in [0.2, 0.25) is 5.78 Å². The lowest BCUT2D eigenvalue weighted by atomic mass is 9.59. The topological polar surface area (TPSA) is 178 Å². The molecule has 0 aromatic heterocycles. The SMILES string of the molecule is CC(=O)c1cccc(-c2cc(N(C)C)c3c(c2O)C(O)=C2C(=O)[C@]4(O)C(O)=C(C(N)=O)C(=O)C[C@@H]4C[C@@H]2C3)c1. The van der Waals surface area contributed by atoms with E-state index in [1.807, 2.05) is 0 Å². The molecular weight excluding hydrogens is 504 g/mol. The number of fused-ring (bicyclic) bond motifs is 3. The van der Waals surface area contributed by atoms with Crippen LogP contribution in [0.5, 0.6) is 5.75 Å². The van der Waals surface area contributed by atoms with Crippen LogP contribution in [0.25, 0.3) is 16.9 Å². The lowest BCUT2D eigenvalue weighted by Gasteiger charge is -2.46. The molecule has 3 atom stereocenters. The van der Waals surface area contributed by atoms with Gasteiger partial charge in [0, 0.05) is 48.8 Å². The predicted octanol–water partition coefficient (Wildman–Crippen LogP) is 2.36. The lowest BCUT2D eigenvalue weighted by molar-refractivity contribution is -0.147. The molecular formula is C29H28N2O8. The van der Waals surface area contributed by atoms with Crippen molar-refractivity contribution in [3.05, 3.63) is 63.9 Å². The number of carbonyl (C=O) groups is 4. The molecule has 2 aromatic carbocycles. The molecule has 0 heterocycles. The Morgan fingerprint density at radius 2 is 1.77 bits per heavy atom. The number of carbonyl (C=O) groups excluding carboxylic acids is 4. The Kier molecular flexibility index (Phi) is 5.91. The van der Waals surface area contributed by atoms with Gasteiger partial charge in [0.25, 0.3) is 5.91 Å². The summed E-state index contributed by atoms with van der Waals surface area (Å²) in [6.07, 6.45) is -0.124. The predicted molar refractivity (Wildman–Crippen MR) is 141 cm³/mol. The van der Waals surface area contributed by atoms with Gasteiger partial charge in [-0.3, -0.25) is 19.2 Å². The zero-order chi connectivity index (χ0) is 28.5. The van der Waals surface area contributed by atoms with Crippen molar-refractivity contribution in [2.45, 2.75) is 31.8 Å². The zero-order valence-corrected chi connectivity index (χ0v) is 21.6. The number of nitrogens with two attached hydrogens (primary N) is 1.